The fourth-order valence-corrected chi connectivity index (χ4v) is 3.23. The van der Waals surface area contributed by atoms with Gasteiger partial charge in [-0.05, 0) is 31.0 Å². The van der Waals surface area contributed by atoms with Gasteiger partial charge < -0.3 is 14.2 Å². The molecular formula is C19H25N3O3. The van der Waals surface area contributed by atoms with Crippen molar-refractivity contribution in [1.29, 1.82) is 0 Å². The van der Waals surface area contributed by atoms with Crippen LogP contribution in [0.5, 0.6) is 5.88 Å². The maximum Gasteiger partial charge on any atom is 0.260 e. The average molecular weight is 343 g/mol. The minimum atomic E-state index is -0.00496. The molecule has 1 aromatic heterocycles. The summed E-state index contributed by atoms with van der Waals surface area (Å²) in [5, 5.41) is 3.75. The lowest BCUT2D eigenvalue weighted by Gasteiger charge is -2.29. The number of aromatic nitrogens is 1. The van der Waals surface area contributed by atoms with Crippen LogP contribution in [0.25, 0.3) is 0 Å². The van der Waals surface area contributed by atoms with Gasteiger partial charge in [0.05, 0.1) is 0 Å². The molecule has 1 aliphatic heterocycles. The highest BCUT2D eigenvalue weighted by Crippen LogP contribution is 2.15. The van der Waals surface area contributed by atoms with Crippen molar-refractivity contribution in [2.45, 2.75) is 32.9 Å². The summed E-state index contributed by atoms with van der Waals surface area (Å²) < 4.78 is 10.4. The van der Waals surface area contributed by atoms with Gasteiger partial charge in [0.1, 0.15) is 5.76 Å². The van der Waals surface area contributed by atoms with E-state index in [2.05, 4.69) is 41.2 Å². The minimum absolute atomic E-state index is 0.00489. The molecule has 0 aliphatic carbocycles. The third kappa shape index (κ3) is 4.82. The first kappa shape index (κ1) is 17.5. The van der Waals surface area contributed by atoms with Gasteiger partial charge in [0.2, 0.25) is 0 Å². The van der Waals surface area contributed by atoms with Gasteiger partial charge >= 0.3 is 0 Å². The number of benzene rings is 1. The third-order valence-corrected chi connectivity index (χ3v) is 4.45. The zero-order valence-electron chi connectivity index (χ0n) is 14.9. The fraction of sp³-hybridized carbons (Fsp3) is 0.474. The summed E-state index contributed by atoms with van der Waals surface area (Å²) in [5.41, 5.74) is 1.30. The Bertz CT molecular complexity index is 686. The van der Waals surface area contributed by atoms with Gasteiger partial charge in [0.25, 0.3) is 11.8 Å². The van der Waals surface area contributed by atoms with E-state index in [1.165, 1.54) is 5.56 Å². The summed E-state index contributed by atoms with van der Waals surface area (Å²) in [4.78, 5) is 16.9. The zero-order valence-corrected chi connectivity index (χ0v) is 14.9. The quantitative estimate of drug-likeness (QED) is 0.835. The third-order valence-electron chi connectivity index (χ3n) is 4.45. The second kappa shape index (κ2) is 8.16. The van der Waals surface area contributed by atoms with Gasteiger partial charge in [-0.15, -0.1) is 0 Å². The lowest BCUT2D eigenvalue weighted by atomic mass is 10.2. The van der Waals surface area contributed by atoms with Crippen molar-refractivity contribution in [2.75, 3.05) is 26.2 Å². The normalized spacial score (nSPS) is 18.8. The maximum absolute atomic E-state index is 12.5. The zero-order chi connectivity index (χ0) is 17.6. The van der Waals surface area contributed by atoms with Crippen molar-refractivity contribution in [3.63, 3.8) is 0 Å². The molecular weight excluding hydrogens is 318 g/mol. The van der Waals surface area contributed by atoms with Crippen LogP contribution in [-0.2, 0) is 11.3 Å². The van der Waals surface area contributed by atoms with Gasteiger partial charge in [-0.3, -0.25) is 9.69 Å². The molecule has 6 heteroatoms. The molecule has 0 spiro atoms. The Balaban J connectivity index is 1.53. The second-order valence-corrected chi connectivity index (χ2v) is 6.57. The first-order chi connectivity index (χ1) is 12.1. The molecule has 1 fully saturated rings. The van der Waals surface area contributed by atoms with E-state index in [0.29, 0.717) is 11.6 Å². The van der Waals surface area contributed by atoms with Crippen LogP contribution >= 0.6 is 0 Å². The van der Waals surface area contributed by atoms with E-state index in [-0.39, 0.29) is 18.6 Å². The van der Waals surface area contributed by atoms with Crippen LogP contribution in [-0.4, -0.2) is 53.1 Å². The summed E-state index contributed by atoms with van der Waals surface area (Å²) in [6, 6.07) is 12.3. The first-order valence-electron chi connectivity index (χ1n) is 8.73. The van der Waals surface area contributed by atoms with Gasteiger partial charge in [-0.1, -0.05) is 30.3 Å². The topological polar surface area (TPSA) is 58.8 Å². The molecule has 2 heterocycles. The SMILES string of the molecule is Cc1cc(OCC(=O)N2CCCN(Cc3ccccc3)C[C@@H]2C)no1. The molecule has 0 radical (unpaired) electrons. The smallest absolute Gasteiger partial charge is 0.260 e. The van der Waals surface area contributed by atoms with E-state index in [0.717, 1.165) is 32.6 Å². The number of carbonyl (C=O) groups excluding carboxylic acids is 1. The van der Waals surface area contributed by atoms with Crippen LogP contribution in [0.4, 0.5) is 0 Å². The Morgan fingerprint density at radius 1 is 1.32 bits per heavy atom. The lowest BCUT2D eigenvalue weighted by molar-refractivity contribution is -0.135. The number of carbonyl (C=O) groups is 1. The number of ether oxygens (including phenoxy) is 1. The van der Waals surface area contributed by atoms with E-state index >= 15 is 0 Å². The molecule has 1 saturated heterocycles. The average Bonchev–Trinajstić information content (AvgIpc) is 2.93. The molecule has 2 aromatic rings. The lowest BCUT2D eigenvalue weighted by Crippen LogP contribution is -2.44. The van der Waals surface area contributed by atoms with E-state index in [1.807, 2.05) is 11.0 Å². The van der Waals surface area contributed by atoms with Crippen molar-refractivity contribution >= 4 is 5.91 Å². The van der Waals surface area contributed by atoms with Crippen LogP contribution in [0.3, 0.4) is 0 Å². The molecule has 3 rings (SSSR count). The van der Waals surface area contributed by atoms with Gasteiger partial charge in [-0.2, -0.15) is 0 Å². The van der Waals surface area contributed by atoms with Gasteiger partial charge in [0, 0.05) is 38.3 Å². The van der Waals surface area contributed by atoms with E-state index in [4.69, 9.17) is 9.26 Å². The highest BCUT2D eigenvalue weighted by Gasteiger charge is 2.25. The van der Waals surface area contributed by atoms with Crippen LogP contribution < -0.4 is 4.74 Å². The van der Waals surface area contributed by atoms with Crippen LogP contribution in [0.1, 0.15) is 24.7 Å². The first-order valence-corrected chi connectivity index (χ1v) is 8.73. The second-order valence-electron chi connectivity index (χ2n) is 6.57. The Hall–Kier alpha value is -2.34. The summed E-state index contributed by atoms with van der Waals surface area (Å²) in [5.74, 6) is 1.02. The molecule has 1 amide bonds. The predicted octanol–water partition coefficient (Wildman–Crippen LogP) is 2.48. The highest BCUT2D eigenvalue weighted by molar-refractivity contribution is 5.78. The Labute approximate surface area is 148 Å². The van der Waals surface area contributed by atoms with Crippen molar-refractivity contribution in [1.82, 2.24) is 15.0 Å². The molecule has 1 aliphatic rings. The molecule has 0 saturated carbocycles. The summed E-state index contributed by atoms with van der Waals surface area (Å²) in [7, 11) is 0. The molecule has 6 nitrogen and oxygen atoms in total. The van der Waals surface area contributed by atoms with Crippen LogP contribution in [0, 0.1) is 6.92 Å². The van der Waals surface area contributed by atoms with Gasteiger partial charge in [0.15, 0.2) is 6.61 Å². The molecule has 25 heavy (non-hydrogen) atoms. The van der Waals surface area contributed by atoms with Crippen molar-refractivity contribution in [3.05, 3.63) is 47.7 Å². The van der Waals surface area contributed by atoms with E-state index < -0.39 is 0 Å². The van der Waals surface area contributed by atoms with Gasteiger partial charge in [-0.25, -0.2) is 0 Å². The molecule has 0 unspecified atom stereocenters. The number of hydrogen-bond donors (Lipinski definition) is 0. The van der Waals surface area contributed by atoms with Crippen LogP contribution in [0.15, 0.2) is 40.9 Å². The number of aryl methyl sites for hydroxylation is 1. The minimum Gasteiger partial charge on any atom is -0.465 e. The highest BCUT2D eigenvalue weighted by atomic mass is 16.5. The Morgan fingerprint density at radius 3 is 2.84 bits per heavy atom. The van der Waals surface area contributed by atoms with Crippen molar-refractivity contribution in [2.24, 2.45) is 0 Å². The summed E-state index contributed by atoms with van der Waals surface area (Å²) in [6.45, 7) is 7.42. The number of rotatable bonds is 5. The Morgan fingerprint density at radius 2 is 2.12 bits per heavy atom. The largest absolute Gasteiger partial charge is 0.465 e. The number of hydrogen-bond acceptors (Lipinski definition) is 5. The molecule has 134 valence electrons. The molecule has 1 aromatic carbocycles. The van der Waals surface area contributed by atoms with Crippen molar-refractivity contribution in [3.8, 4) is 5.88 Å². The predicted molar refractivity (Wildman–Crippen MR) is 94.2 cm³/mol. The summed E-state index contributed by atoms with van der Waals surface area (Å²) in [6.07, 6.45) is 0.964. The number of nitrogens with zero attached hydrogens (tertiary/aromatic N) is 3. The monoisotopic (exact) mass is 343 g/mol. The molecule has 0 bridgehead atoms. The van der Waals surface area contributed by atoms with Crippen LogP contribution in [0.2, 0.25) is 0 Å². The van der Waals surface area contributed by atoms with E-state index in [9.17, 15) is 4.79 Å². The standard InChI is InChI=1S/C19H25N3O3/c1-15-12-21(13-17-7-4-3-5-8-17)9-6-10-22(15)19(23)14-24-18-11-16(2)25-20-18/h3-5,7-8,11,15H,6,9-10,12-14H2,1-2H3/t15-/m0/s1. The molecule has 0 N–H and O–H groups in total. The maximum atomic E-state index is 12.5. The Kier molecular flexibility index (Phi) is 5.71. The van der Waals surface area contributed by atoms with E-state index in [1.54, 1.807) is 13.0 Å². The van der Waals surface area contributed by atoms with Crippen molar-refractivity contribution < 1.29 is 14.1 Å². The summed E-state index contributed by atoms with van der Waals surface area (Å²) >= 11 is 0. The fourth-order valence-electron chi connectivity index (χ4n) is 3.23. The molecule has 1 atom stereocenters. The number of amides is 1.